The number of fused-ring (bicyclic) bond motifs is 21. The van der Waals surface area contributed by atoms with Gasteiger partial charge in [-0.2, -0.15) is 0 Å². The number of benzene rings is 4. The number of aliphatic imine (C=N–C) groups is 4. The van der Waals surface area contributed by atoms with Crippen molar-refractivity contribution in [3.8, 4) is 23.0 Å². The lowest BCUT2D eigenvalue weighted by Crippen LogP contribution is -2.41. The number of nitrogens with one attached hydrogen (secondary N) is 4. The number of esters is 3. The predicted molar refractivity (Wildman–Crippen MR) is 363 cm³/mol. The molecule has 97 heavy (non-hydrogen) atoms. The van der Waals surface area contributed by atoms with Crippen LogP contribution in [0.1, 0.15) is 196 Å². The van der Waals surface area contributed by atoms with E-state index in [2.05, 4.69) is 21.3 Å². The number of nitrogens with zero attached hydrogens (tertiary/aromatic N) is 4. The number of hydrogen-bond acceptors (Lipinski definition) is 20. The van der Waals surface area contributed by atoms with Gasteiger partial charge in [0.05, 0.1) is 113 Å². The number of aromatic hydroxyl groups is 2. The number of ether oxygens (including phenoxy) is 7. The van der Waals surface area contributed by atoms with Gasteiger partial charge in [-0.3, -0.25) is 53.5 Å². The fourth-order valence-corrected chi connectivity index (χ4v) is 13.7. The SMILES string of the molecule is CCc1cc2c3c(c1)C(=O)NC1CCCC(C1)N=Cc1cc(CC(=O)OC)cc(c1O)C=NC1CCCC(C1)NC(=O)c1cc(CC(=O)OC)cc(c1OCCOCCOCCO3)C(=O)NC1CCCC(C1)N=Cc1cc(CC(=O)OC)cc(c1O)C=NC1CCCC(C1)NC2=O. The van der Waals surface area contributed by atoms with E-state index in [0.29, 0.717) is 135 Å². The molecular weight excluding hydrogens is 1240 g/mol. The summed E-state index contributed by atoms with van der Waals surface area (Å²) in [7, 11) is 3.86. The highest BCUT2D eigenvalue weighted by Crippen LogP contribution is 2.35. The maximum Gasteiger partial charge on any atom is 0.309 e. The Labute approximate surface area is 565 Å². The molecule has 6 aliphatic rings. The van der Waals surface area contributed by atoms with Crippen LogP contribution in [0.4, 0.5) is 0 Å². The molecule has 4 aromatic rings. The fraction of sp³-hybridized carbons (Fsp3) is 0.521. The molecule has 8 atom stereocenters. The quantitative estimate of drug-likeness (QED) is 0.0590. The number of amides is 4. The fourth-order valence-electron chi connectivity index (χ4n) is 13.7. The first-order valence-corrected chi connectivity index (χ1v) is 34.1. The summed E-state index contributed by atoms with van der Waals surface area (Å²) < 4.78 is 40.0. The molecule has 0 saturated heterocycles. The average molecular weight is 1340 g/mol. The van der Waals surface area contributed by atoms with Crippen LogP contribution in [0.5, 0.6) is 23.0 Å². The van der Waals surface area contributed by atoms with Crippen LogP contribution in [-0.4, -0.2) is 186 Å². The number of carbonyl (C=O) groups is 7. The summed E-state index contributed by atoms with van der Waals surface area (Å²) >= 11 is 0. The Morgan fingerprint density at radius 1 is 0.412 bits per heavy atom. The topological polar surface area (TPSA) is 322 Å². The number of phenols is 2. The summed E-state index contributed by atoms with van der Waals surface area (Å²) in [5.41, 5.74) is 3.93. The first kappa shape index (κ1) is 70.8. The van der Waals surface area contributed by atoms with Crippen molar-refractivity contribution in [3.05, 3.63) is 115 Å². The molecule has 4 amide bonds. The molecule has 0 aromatic heterocycles. The first-order valence-electron chi connectivity index (χ1n) is 34.1. The summed E-state index contributed by atoms with van der Waals surface area (Å²) in [5, 5.41) is 36.6. The average Bonchev–Trinajstić information content (AvgIpc) is 0.812. The standard InChI is InChI=1S/C73H90N8O16/c1-5-43-28-59-68-60(29-43)71(88)79-56-15-7-11-52(36-56)75-40-48-25-45(33-64(83)92-3)27-50(67(48)86)42-77-54-13-9-17-58(38-54)81-73(90)62-31-46(34-65(84)93-4)30-61(69(62)97-23-21-95-19-18-94-20-22-96-68)72(89)80-57-16-8-12-53(37-57)76-41-49-26-44(32-63(82)91-2)24-47(66(49)85)39-74-51-10-6-14-55(35-51)78-70(59)87/h24-31,39-42,51-58,85-86H,5-23,32-38H2,1-4H3,(H,78,87)(H,79,88)(H,80,89)(H,81,90). The van der Waals surface area contributed by atoms with Crippen molar-refractivity contribution < 1.29 is 76.9 Å². The Kier molecular flexibility index (Phi) is 25.0. The van der Waals surface area contributed by atoms with E-state index in [9.17, 15) is 43.8 Å². The van der Waals surface area contributed by atoms with Gasteiger partial charge in [-0.05, 0) is 180 Å². The Morgan fingerprint density at radius 3 is 0.959 bits per heavy atom. The highest BCUT2D eigenvalue weighted by Gasteiger charge is 2.33. The first-order chi connectivity index (χ1) is 47.0. The van der Waals surface area contributed by atoms with Gasteiger partial charge >= 0.3 is 17.9 Å². The normalized spacial score (nSPS) is 23.9. The molecule has 518 valence electrons. The third-order valence-corrected chi connectivity index (χ3v) is 18.8. The van der Waals surface area contributed by atoms with Crippen molar-refractivity contribution in [1.29, 1.82) is 0 Å². The zero-order valence-electron chi connectivity index (χ0n) is 55.8. The van der Waals surface area contributed by atoms with Gasteiger partial charge in [0.15, 0.2) is 0 Å². The van der Waals surface area contributed by atoms with Gasteiger partial charge in [-0.25, -0.2) is 0 Å². The van der Waals surface area contributed by atoms with Crippen molar-refractivity contribution in [2.24, 2.45) is 20.0 Å². The maximum atomic E-state index is 14.9. The lowest BCUT2D eigenvalue weighted by molar-refractivity contribution is -0.140. The van der Waals surface area contributed by atoms with E-state index in [-0.39, 0.29) is 140 Å². The van der Waals surface area contributed by atoms with Crippen molar-refractivity contribution in [2.75, 3.05) is 61.0 Å². The van der Waals surface area contributed by atoms with Gasteiger partial charge in [0.2, 0.25) is 0 Å². The number of methoxy groups -OCH3 is 3. The van der Waals surface area contributed by atoms with Crippen molar-refractivity contribution >= 4 is 66.4 Å². The Balaban J connectivity index is 1.05. The van der Waals surface area contributed by atoms with E-state index < -0.39 is 53.6 Å². The summed E-state index contributed by atoms with van der Waals surface area (Å²) in [6, 6.07) is 10.7. The maximum absolute atomic E-state index is 14.9. The molecular formula is C73H90N8O16. The van der Waals surface area contributed by atoms with Crippen LogP contribution in [0.3, 0.4) is 0 Å². The molecule has 2 heterocycles. The van der Waals surface area contributed by atoms with Gasteiger partial charge in [-0.1, -0.05) is 6.92 Å². The molecule has 24 nitrogen and oxygen atoms in total. The second-order valence-corrected chi connectivity index (χ2v) is 25.9. The molecule has 4 fully saturated rings. The lowest BCUT2D eigenvalue weighted by atomic mass is 9.90. The number of hydrogen-bond donors (Lipinski definition) is 6. The van der Waals surface area contributed by atoms with E-state index >= 15 is 0 Å². The van der Waals surface area contributed by atoms with E-state index in [1.54, 1.807) is 61.3 Å². The molecule has 6 N–H and O–H groups in total. The van der Waals surface area contributed by atoms with Crippen molar-refractivity contribution in [2.45, 2.75) is 184 Å². The third kappa shape index (κ3) is 19.4. The second kappa shape index (κ2) is 34.3. The Morgan fingerprint density at radius 2 is 0.680 bits per heavy atom. The molecule has 8 unspecified atom stereocenters. The second-order valence-electron chi connectivity index (χ2n) is 25.9. The molecule has 0 spiro atoms. The molecule has 10 rings (SSSR count). The largest absolute Gasteiger partial charge is 0.507 e. The van der Waals surface area contributed by atoms with Gasteiger partial charge < -0.3 is 64.6 Å². The number of aryl methyl sites for hydroxylation is 1. The van der Waals surface area contributed by atoms with E-state index in [4.69, 9.17) is 53.1 Å². The van der Waals surface area contributed by atoms with Crippen LogP contribution < -0.4 is 30.7 Å². The number of phenolic OH excluding ortho intramolecular Hbond substituents is 2. The highest BCUT2D eigenvalue weighted by molar-refractivity contribution is 6.06. The molecule has 2 aliphatic heterocycles. The molecule has 4 saturated carbocycles. The Hall–Kier alpha value is -9.03. The predicted octanol–water partition coefficient (Wildman–Crippen LogP) is 7.56. The van der Waals surface area contributed by atoms with Crippen LogP contribution in [0.2, 0.25) is 0 Å². The van der Waals surface area contributed by atoms with Crippen LogP contribution in [-0.2, 0) is 63.8 Å². The summed E-state index contributed by atoms with van der Waals surface area (Å²) in [5.74, 6) is -3.71. The summed E-state index contributed by atoms with van der Waals surface area (Å²) in [6.07, 6.45) is 16.2. The van der Waals surface area contributed by atoms with Crippen LogP contribution >= 0.6 is 0 Å². The minimum Gasteiger partial charge on any atom is -0.507 e. The van der Waals surface area contributed by atoms with Crippen LogP contribution in [0.15, 0.2) is 68.5 Å². The van der Waals surface area contributed by atoms with Gasteiger partial charge in [0.1, 0.15) is 36.2 Å². The zero-order chi connectivity index (χ0) is 68.4. The minimum atomic E-state index is -0.601. The summed E-state index contributed by atoms with van der Waals surface area (Å²) in [4.78, 5) is 118. The minimum absolute atomic E-state index is 0.00112. The van der Waals surface area contributed by atoms with Crippen LogP contribution in [0, 0.1) is 0 Å². The molecule has 4 aromatic carbocycles. The number of rotatable bonds is 7. The van der Waals surface area contributed by atoms with E-state index in [1.807, 2.05) is 6.92 Å². The Bertz CT molecular complexity index is 3460. The number of carbonyl (C=O) groups excluding carboxylic acids is 7. The highest BCUT2D eigenvalue weighted by atomic mass is 16.6. The van der Waals surface area contributed by atoms with Gasteiger partial charge in [-0.15, -0.1) is 0 Å². The smallest absolute Gasteiger partial charge is 0.309 e. The van der Waals surface area contributed by atoms with E-state index in [0.717, 1.165) is 18.4 Å². The molecule has 24 heteroatoms. The lowest BCUT2D eigenvalue weighted by Gasteiger charge is -2.29. The van der Waals surface area contributed by atoms with Crippen LogP contribution in [0.25, 0.3) is 0 Å². The van der Waals surface area contributed by atoms with Gasteiger partial charge in [0.25, 0.3) is 23.6 Å². The molecule has 0 radical (unpaired) electrons. The molecule has 14 bridgehead atoms. The van der Waals surface area contributed by atoms with Crippen molar-refractivity contribution in [1.82, 2.24) is 21.3 Å². The molecule has 4 aliphatic carbocycles. The van der Waals surface area contributed by atoms with E-state index in [1.165, 1.54) is 33.5 Å². The van der Waals surface area contributed by atoms with Gasteiger partial charge in [0, 0.05) is 71.3 Å². The monoisotopic (exact) mass is 1330 g/mol. The third-order valence-electron chi connectivity index (χ3n) is 18.8. The summed E-state index contributed by atoms with van der Waals surface area (Å²) in [6.45, 7) is 2.06. The van der Waals surface area contributed by atoms with Crippen molar-refractivity contribution in [3.63, 3.8) is 0 Å². The zero-order valence-corrected chi connectivity index (χ0v) is 55.8.